The molecule has 5 nitrogen and oxygen atoms in total. The molecule has 0 aliphatic carbocycles. The first-order valence-electron chi connectivity index (χ1n) is 8.60. The molecule has 1 saturated heterocycles. The molecule has 138 valence electrons. The zero-order valence-electron chi connectivity index (χ0n) is 14.4. The highest BCUT2D eigenvalue weighted by atomic mass is 35.5. The Morgan fingerprint density at radius 3 is 2.50 bits per heavy atom. The molecule has 2 heterocycles. The van der Waals surface area contributed by atoms with Gasteiger partial charge in [0.05, 0.1) is 17.9 Å². The highest BCUT2D eigenvalue weighted by Crippen LogP contribution is 2.36. The van der Waals surface area contributed by atoms with Gasteiger partial charge >= 0.3 is 6.03 Å². The van der Waals surface area contributed by atoms with Gasteiger partial charge in [0.1, 0.15) is 5.82 Å². The number of amides is 2. The Kier molecular flexibility index (Phi) is 5.64. The summed E-state index contributed by atoms with van der Waals surface area (Å²) in [6.07, 6.45) is 0. The van der Waals surface area contributed by atoms with Gasteiger partial charge in [-0.25, -0.2) is 9.18 Å². The number of halogens is 2. The maximum atomic E-state index is 14.6. The van der Waals surface area contributed by atoms with Gasteiger partial charge in [-0.15, -0.1) is 12.4 Å². The standard InChI is InChI=1S/C19H21FN4O.ClH/c20-16-6-7-17-15(18(16)23-10-8-21-9-11-23)12-22-19(25)24(17)13-14-4-2-1-3-5-14;/h1-7,21H,8-13H2,(H,22,25);1H. The summed E-state index contributed by atoms with van der Waals surface area (Å²) in [5, 5.41) is 6.18. The van der Waals surface area contributed by atoms with Gasteiger partial charge < -0.3 is 15.5 Å². The molecule has 0 radical (unpaired) electrons. The van der Waals surface area contributed by atoms with Gasteiger partial charge in [0, 0.05) is 38.3 Å². The van der Waals surface area contributed by atoms with Crippen LogP contribution in [0.1, 0.15) is 11.1 Å². The van der Waals surface area contributed by atoms with E-state index >= 15 is 0 Å². The van der Waals surface area contributed by atoms with E-state index in [9.17, 15) is 9.18 Å². The van der Waals surface area contributed by atoms with E-state index in [4.69, 9.17) is 0 Å². The molecule has 0 aromatic heterocycles. The predicted molar refractivity (Wildman–Crippen MR) is 104 cm³/mol. The molecule has 0 spiro atoms. The minimum atomic E-state index is -0.225. The second-order valence-electron chi connectivity index (χ2n) is 6.36. The number of rotatable bonds is 3. The lowest BCUT2D eigenvalue weighted by Crippen LogP contribution is -2.47. The van der Waals surface area contributed by atoms with E-state index in [1.165, 1.54) is 6.07 Å². The number of nitrogens with zero attached hydrogens (tertiary/aromatic N) is 2. The Labute approximate surface area is 158 Å². The van der Waals surface area contributed by atoms with E-state index in [1.807, 2.05) is 30.3 Å². The van der Waals surface area contributed by atoms with Crippen LogP contribution in [0.5, 0.6) is 0 Å². The van der Waals surface area contributed by atoms with Crippen LogP contribution in [0.3, 0.4) is 0 Å². The third-order valence-electron chi connectivity index (χ3n) is 4.78. The summed E-state index contributed by atoms with van der Waals surface area (Å²) in [5.41, 5.74) is 3.32. The third kappa shape index (κ3) is 3.48. The molecule has 2 aromatic carbocycles. The van der Waals surface area contributed by atoms with Gasteiger partial charge in [0.2, 0.25) is 0 Å². The van der Waals surface area contributed by atoms with E-state index in [-0.39, 0.29) is 24.3 Å². The number of carbonyl (C=O) groups is 1. The lowest BCUT2D eigenvalue weighted by molar-refractivity contribution is 0.244. The lowest BCUT2D eigenvalue weighted by atomic mass is 10.0. The summed E-state index contributed by atoms with van der Waals surface area (Å²) in [6.45, 7) is 4.02. The number of hydrogen-bond donors (Lipinski definition) is 2. The molecule has 0 unspecified atom stereocenters. The largest absolute Gasteiger partial charge is 0.366 e. The molecule has 26 heavy (non-hydrogen) atoms. The van der Waals surface area contributed by atoms with Crippen LogP contribution in [0.2, 0.25) is 0 Å². The maximum absolute atomic E-state index is 14.6. The molecule has 2 aliphatic heterocycles. The molecular formula is C19H22ClFN4O. The van der Waals surface area contributed by atoms with Crippen LogP contribution in [0.4, 0.5) is 20.6 Å². The van der Waals surface area contributed by atoms with Crippen LogP contribution in [-0.2, 0) is 13.1 Å². The number of carbonyl (C=O) groups excluding carboxylic acids is 1. The van der Waals surface area contributed by atoms with Crippen molar-refractivity contribution in [2.75, 3.05) is 36.0 Å². The number of nitrogens with one attached hydrogen (secondary N) is 2. The fourth-order valence-electron chi connectivity index (χ4n) is 3.55. The van der Waals surface area contributed by atoms with Crippen LogP contribution < -0.4 is 20.4 Å². The quantitative estimate of drug-likeness (QED) is 0.866. The van der Waals surface area contributed by atoms with Crippen LogP contribution in [0, 0.1) is 5.82 Å². The number of fused-ring (bicyclic) bond motifs is 1. The number of anilines is 2. The SMILES string of the molecule is Cl.O=C1NCc2c(ccc(F)c2N2CCNCC2)N1Cc1ccccc1. The fourth-order valence-corrected chi connectivity index (χ4v) is 3.55. The molecule has 7 heteroatoms. The van der Waals surface area contributed by atoms with E-state index < -0.39 is 0 Å². The molecule has 0 saturated carbocycles. The molecule has 2 amide bonds. The lowest BCUT2D eigenvalue weighted by Gasteiger charge is -2.36. The summed E-state index contributed by atoms with van der Waals surface area (Å²) >= 11 is 0. The molecule has 4 rings (SSSR count). The van der Waals surface area contributed by atoms with Crippen LogP contribution in [0.15, 0.2) is 42.5 Å². The second-order valence-corrected chi connectivity index (χ2v) is 6.36. The summed E-state index contributed by atoms with van der Waals surface area (Å²) in [6, 6.07) is 12.9. The van der Waals surface area contributed by atoms with Crippen molar-refractivity contribution in [3.8, 4) is 0 Å². The van der Waals surface area contributed by atoms with Crippen LogP contribution >= 0.6 is 12.4 Å². The average molecular weight is 377 g/mol. The fraction of sp³-hybridized carbons (Fsp3) is 0.316. The average Bonchev–Trinajstić information content (AvgIpc) is 2.65. The molecule has 2 aromatic rings. The van der Waals surface area contributed by atoms with Gasteiger partial charge in [0.25, 0.3) is 0 Å². The molecule has 2 N–H and O–H groups in total. The molecule has 2 aliphatic rings. The third-order valence-corrected chi connectivity index (χ3v) is 4.78. The van der Waals surface area contributed by atoms with Gasteiger partial charge in [0.15, 0.2) is 0 Å². The zero-order chi connectivity index (χ0) is 17.2. The van der Waals surface area contributed by atoms with Crippen molar-refractivity contribution in [2.24, 2.45) is 0 Å². The molecule has 0 bridgehead atoms. The Morgan fingerprint density at radius 1 is 1.04 bits per heavy atom. The van der Waals surface area contributed by atoms with Crippen molar-refractivity contribution >= 4 is 29.8 Å². The van der Waals surface area contributed by atoms with Gasteiger partial charge in [-0.3, -0.25) is 4.90 Å². The van der Waals surface area contributed by atoms with Crippen LogP contribution in [0.25, 0.3) is 0 Å². The predicted octanol–water partition coefficient (Wildman–Crippen LogP) is 2.89. The number of urea groups is 1. The Balaban J connectivity index is 0.00000196. The first kappa shape index (κ1) is 18.5. The summed E-state index contributed by atoms with van der Waals surface area (Å²) in [7, 11) is 0. The highest BCUT2D eigenvalue weighted by molar-refractivity contribution is 5.96. The first-order valence-corrected chi connectivity index (χ1v) is 8.60. The molecule has 0 atom stereocenters. The Bertz CT molecular complexity index is 781. The minimum Gasteiger partial charge on any atom is -0.366 e. The monoisotopic (exact) mass is 376 g/mol. The van der Waals surface area contributed by atoms with E-state index in [0.717, 1.165) is 43.0 Å². The van der Waals surface area contributed by atoms with Gasteiger partial charge in [-0.1, -0.05) is 30.3 Å². The van der Waals surface area contributed by atoms with Crippen molar-refractivity contribution < 1.29 is 9.18 Å². The number of hydrogen-bond acceptors (Lipinski definition) is 3. The Morgan fingerprint density at radius 2 is 1.77 bits per heavy atom. The maximum Gasteiger partial charge on any atom is 0.322 e. The van der Waals surface area contributed by atoms with Crippen LogP contribution in [-0.4, -0.2) is 32.2 Å². The Hall–Kier alpha value is -2.31. The van der Waals surface area contributed by atoms with Crippen molar-refractivity contribution in [3.63, 3.8) is 0 Å². The van der Waals surface area contributed by atoms with Gasteiger partial charge in [-0.2, -0.15) is 0 Å². The van der Waals surface area contributed by atoms with Crippen molar-refractivity contribution in [2.45, 2.75) is 13.1 Å². The summed E-state index contributed by atoms with van der Waals surface area (Å²) in [4.78, 5) is 16.2. The van der Waals surface area contributed by atoms with Crippen molar-refractivity contribution in [1.29, 1.82) is 0 Å². The zero-order valence-corrected chi connectivity index (χ0v) is 15.2. The minimum absolute atomic E-state index is 0. The van der Waals surface area contributed by atoms with Crippen molar-refractivity contribution in [3.05, 3.63) is 59.4 Å². The second kappa shape index (κ2) is 7.93. The summed E-state index contributed by atoms with van der Waals surface area (Å²) in [5.74, 6) is -0.225. The summed E-state index contributed by atoms with van der Waals surface area (Å²) < 4.78 is 14.6. The molecule has 1 fully saturated rings. The highest BCUT2D eigenvalue weighted by Gasteiger charge is 2.29. The van der Waals surface area contributed by atoms with Gasteiger partial charge in [-0.05, 0) is 17.7 Å². The molecular weight excluding hydrogens is 355 g/mol. The van der Waals surface area contributed by atoms with E-state index in [2.05, 4.69) is 15.5 Å². The van der Waals surface area contributed by atoms with Crippen molar-refractivity contribution in [1.82, 2.24) is 10.6 Å². The topological polar surface area (TPSA) is 47.6 Å². The smallest absolute Gasteiger partial charge is 0.322 e. The number of piperazine rings is 1. The van der Waals surface area contributed by atoms with E-state index in [1.54, 1.807) is 11.0 Å². The van der Waals surface area contributed by atoms with E-state index in [0.29, 0.717) is 18.8 Å². The number of benzene rings is 2. The normalized spacial score (nSPS) is 16.6. The first-order chi connectivity index (χ1) is 12.2.